The fourth-order valence-electron chi connectivity index (χ4n) is 2.79. The first kappa shape index (κ1) is 19.8. The Bertz CT molecular complexity index is 787. The Morgan fingerprint density at radius 1 is 0.964 bits per heavy atom. The molecule has 2 aromatic rings. The molecular formula is C21H23FN2O4. The van der Waals surface area contributed by atoms with E-state index in [2.05, 4.69) is 5.32 Å². The molecule has 6 nitrogen and oxygen atoms in total. The molecule has 0 spiro atoms. The monoisotopic (exact) mass is 386 g/mol. The Hall–Kier alpha value is -2.93. The van der Waals surface area contributed by atoms with E-state index in [9.17, 15) is 14.0 Å². The maximum Gasteiger partial charge on any atom is 0.223 e. The highest BCUT2D eigenvalue weighted by Gasteiger charge is 2.17. The molecule has 3 rings (SSSR count). The zero-order chi connectivity index (χ0) is 19.8. The highest BCUT2D eigenvalue weighted by Crippen LogP contribution is 2.21. The number of morpholine rings is 1. The summed E-state index contributed by atoms with van der Waals surface area (Å²) in [6, 6.07) is 13.0. The summed E-state index contributed by atoms with van der Waals surface area (Å²) in [4.78, 5) is 25.7. The number of hydrogen-bond acceptors (Lipinski definition) is 4. The summed E-state index contributed by atoms with van der Waals surface area (Å²) >= 11 is 0. The van der Waals surface area contributed by atoms with Crippen LogP contribution in [0.5, 0.6) is 11.5 Å². The van der Waals surface area contributed by atoms with Crippen LogP contribution in [0.15, 0.2) is 48.5 Å². The summed E-state index contributed by atoms with van der Waals surface area (Å²) in [6.45, 7) is 2.67. The van der Waals surface area contributed by atoms with Gasteiger partial charge in [0.05, 0.1) is 13.2 Å². The van der Waals surface area contributed by atoms with Crippen LogP contribution in [0, 0.1) is 5.82 Å². The topological polar surface area (TPSA) is 67.9 Å². The second-order valence-electron chi connectivity index (χ2n) is 6.47. The lowest BCUT2D eigenvalue weighted by Crippen LogP contribution is -2.41. The zero-order valence-corrected chi connectivity index (χ0v) is 15.5. The minimum absolute atomic E-state index is 0.0132. The minimum atomic E-state index is -0.315. The first-order valence-corrected chi connectivity index (χ1v) is 9.25. The Kier molecular flexibility index (Phi) is 6.97. The normalized spacial score (nSPS) is 13.8. The van der Waals surface area contributed by atoms with Gasteiger partial charge in [-0.1, -0.05) is 12.1 Å². The highest BCUT2D eigenvalue weighted by atomic mass is 19.1. The van der Waals surface area contributed by atoms with E-state index in [1.807, 2.05) is 12.1 Å². The largest absolute Gasteiger partial charge is 0.457 e. The van der Waals surface area contributed by atoms with Crippen molar-refractivity contribution in [3.05, 3.63) is 59.9 Å². The molecule has 0 bridgehead atoms. The molecule has 2 amide bonds. The van der Waals surface area contributed by atoms with Gasteiger partial charge in [0.15, 0.2) is 0 Å². The van der Waals surface area contributed by atoms with Gasteiger partial charge in [-0.2, -0.15) is 0 Å². The first-order valence-electron chi connectivity index (χ1n) is 9.25. The molecular weight excluding hydrogens is 363 g/mol. The lowest BCUT2D eigenvalue weighted by Gasteiger charge is -2.26. The number of halogens is 1. The molecule has 0 aliphatic carbocycles. The van der Waals surface area contributed by atoms with Gasteiger partial charge in [-0.15, -0.1) is 0 Å². The third kappa shape index (κ3) is 6.06. The summed E-state index contributed by atoms with van der Waals surface area (Å²) in [5.74, 6) is 0.684. The fourth-order valence-corrected chi connectivity index (χ4v) is 2.79. The number of carbonyl (C=O) groups is 2. The number of nitrogens with one attached hydrogen (secondary N) is 1. The van der Waals surface area contributed by atoms with Crippen molar-refractivity contribution in [2.24, 2.45) is 0 Å². The van der Waals surface area contributed by atoms with Crippen LogP contribution in [0.1, 0.15) is 18.4 Å². The van der Waals surface area contributed by atoms with Crippen LogP contribution in [-0.4, -0.2) is 43.0 Å². The van der Waals surface area contributed by atoms with E-state index in [-0.39, 0.29) is 30.5 Å². The van der Waals surface area contributed by atoms with Gasteiger partial charge >= 0.3 is 0 Å². The molecule has 1 fully saturated rings. The molecule has 28 heavy (non-hydrogen) atoms. The maximum absolute atomic E-state index is 12.9. The van der Waals surface area contributed by atoms with Crippen molar-refractivity contribution in [3.8, 4) is 11.5 Å². The van der Waals surface area contributed by atoms with Crippen LogP contribution in [0.25, 0.3) is 0 Å². The van der Waals surface area contributed by atoms with E-state index in [1.54, 1.807) is 29.2 Å². The van der Waals surface area contributed by atoms with Gasteiger partial charge in [0, 0.05) is 32.5 Å². The van der Waals surface area contributed by atoms with Gasteiger partial charge in [0.2, 0.25) is 11.8 Å². The van der Waals surface area contributed by atoms with Gasteiger partial charge in [-0.05, 0) is 42.0 Å². The first-order chi connectivity index (χ1) is 13.6. The van der Waals surface area contributed by atoms with Crippen molar-refractivity contribution in [3.63, 3.8) is 0 Å². The Balaban J connectivity index is 1.39. The zero-order valence-electron chi connectivity index (χ0n) is 15.5. The molecule has 148 valence electrons. The number of rotatable bonds is 7. The molecule has 1 N–H and O–H groups in total. The standard InChI is InChI=1S/C21H23FN2O4/c22-17-3-7-19(8-4-17)28-18-5-1-16(2-6-18)15-23-20(25)9-10-21(26)24-11-13-27-14-12-24/h1-8H,9-15H2,(H,23,25). The van der Waals surface area contributed by atoms with Crippen LogP contribution in [-0.2, 0) is 20.9 Å². The molecule has 0 radical (unpaired) electrons. The third-order valence-corrected chi connectivity index (χ3v) is 4.39. The average Bonchev–Trinajstić information content (AvgIpc) is 2.74. The third-order valence-electron chi connectivity index (χ3n) is 4.39. The lowest BCUT2D eigenvalue weighted by molar-refractivity contribution is -0.137. The molecule has 0 atom stereocenters. The molecule has 2 aromatic carbocycles. The lowest BCUT2D eigenvalue weighted by atomic mass is 10.2. The second kappa shape index (κ2) is 9.85. The van der Waals surface area contributed by atoms with E-state index in [0.717, 1.165) is 5.56 Å². The Labute approximate surface area is 163 Å². The SMILES string of the molecule is O=C(CCC(=O)N1CCOCC1)NCc1ccc(Oc2ccc(F)cc2)cc1. The Morgan fingerprint density at radius 3 is 2.21 bits per heavy atom. The Morgan fingerprint density at radius 2 is 1.57 bits per heavy atom. The summed E-state index contributed by atoms with van der Waals surface area (Å²) < 4.78 is 23.7. The van der Waals surface area contributed by atoms with E-state index in [1.165, 1.54) is 12.1 Å². The number of amides is 2. The minimum Gasteiger partial charge on any atom is -0.457 e. The molecule has 0 unspecified atom stereocenters. The quantitative estimate of drug-likeness (QED) is 0.795. The van der Waals surface area contributed by atoms with Gasteiger partial charge in [0.1, 0.15) is 17.3 Å². The molecule has 1 aliphatic rings. The number of ether oxygens (including phenoxy) is 2. The van der Waals surface area contributed by atoms with Crippen molar-refractivity contribution >= 4 is 11.8 Å². The van der Waals surface area contributed by atoms with Crippen LogP contribution >= 0.6 is 0 Å². The van der Waals surface area contributed by atoms with Gasteiger partial charge in [-0.3, -0.25) is 9.59 Å². The van der Waals surface area contributed by atoms with Gasteiger partial charge in [-0.25, -0.2) is 4.39 Å². The van der Waals surface area contributed by atoms with E-state index >= 15 is 0 Å². The summed E-state index contributed by atoms with van der Waals surface area (Å²) in [5.41, 5.74) is 0.916. The predicted molar refractivity (Wildman–Crippen MR) is 101 cm³/mol. The van der Waals surface area contributed by atoms with Crippen LogP contribution < -0.4 is 10.1 Å². The van der Waals surface area contributed by atoms with E-state index < -0.39 is 0 Å². The van der Waals surface area contributed by atoms with Crippen molar-refractivity contribution in [2.75, 3.05) is 26.3 Å². The summed E-state index contributed by atoms with van der Waals surface area (Å²) in [7, 11) is 0. The molecule has 0 aromatic heterocycles. The number of carbonyl (C=O) groups excluding carboxylic acids is 2. The van der Waals surface area contributed by atoms with Gasteiger partial charge < -0.3 is 19.7 Å². The summed E-state index contributed by atoms with van der Waals surface area (Å²) in [6.07, 6.45) is 0.373. The second-order valence-corrected chi connectivity index (χ2v) is 6.47. The van der Waals surface area contributed by atoms with E-state index in [4.69, 9.17) is 9.47 Å². The van der Waals surface area contributed by atoms with Crippen molar-refractivity contribution in [1.29, 1.82) is 0 Å². The van der Waals surface area contributed by atoms with Gasteiger partial charge in [0.25, 0.3) is 0 Å². The van der Waals surface area contributed by atoms with Crippen LogP contribution in [0.3, 0.4) is 0 Å². The van der Waals surface area contributed by atoms with Crippen LogP contribution in [0.4, 0.5) is 4.39 Å². The van der Waals surface area contributed by atoms with E-state index in [0.29, 0.717) is 44.3 Å². The number of benzene rings is 2. The van der Waals surface area contributed by atoms with Crippen molar-refractivity contribution in [2.45, 2.75) is 19.4 Å². The van der Waals surface area contributed by atoms with Crippen molar-refractivity contribution in [1.82, 2.24) is 10.2 Å². The van der Waals surface area contributed by atoms with Crippen molar-refractivity contribution < 1.29 is 23.5 Å². The number of hydrogen-bond donors (Lipinski definition) is 1. The molecule has 1 aliphatic heterocycles. The molecule has 1 saturated heterocycles. The highest BCUT2D eigenvalue weighted by molar-refractivity contribution is 5.83. The maximum atomic E-state index is 12.9. The van der Waals surface area contributed by atoms with Crippen LogP contribution in [0.2, 0.25) is 0 Å². The predicted octanol–water partition coefficient (Wildman–Crippen LogP) is 2.87. The molecule has 1 heterocycles. The summed E-state index contributed by atoms with van der Waals surface area (Å²) in [5, 5.41) is 2.82. The molecule has 0 saturated carbocycles. The average molecular weight is 386 g/mol. The molecule has 7 heteroatoms. The smallest absolute Gasteiger partial charge is 0.223 e. The fraction of sp³-hybridized carbons (Fsp3) is 0.333. The number of nitrogens with zero attached hydrogens (tertiary/aromatic N) is 1.